The highest BCUT2D eigenvalue weighted by Crippen LogP contribution is 2.26. The van der Waals surface area contributed by atoms with Gasteiger partial charge in [-0.3, -0.25) is 14.5 Å². The van der Waals surface area contributed by atoms with Gasteiger partial charge >= 0.3 is 0 Å². The minimum atomic E-state index is -0.288. The summed E-state index contributed by atoms with van der Waals surface area (Å²) in [5.41, 5.74) is 1.63. The number of rotatable bonds is 3. The van der Waals surface area contributed by atoms with Crippen molar-refractivity contribution in [3.63, 3.8) is 0 Å². The molecule has 0 spiro atoms. The molecule has 0 aliphatic carbocycles. The Bertz CT molecular complexity index is 573. The molecule has 0 bridgehead atoms. The first-order valence-corrected chi connectivity index (χ1v) is 6.82. The number of carbonyl (C=O) groups is 2. The van der Waals surface area contributed by atoms with Crippen molar-refractivity contribution >= 4 is 34.8 Å². The van der Waals surface area contributed by atoms with Crippen molar-refractivity contribution in [2.24, 2.45) is 0 Å². The molecule has 6 heteroatoms. The van der Waals surface area contributed by atoms with E-state index < -0.39 is 0 Å². The van der Waals surface area contributed by atoms with Gasteiger partial charge < -0.3 is 10.6 Å². The van der Waals surface area contributed by atoms with Crippen LogP contribution in [0.3, 0.4) is 0 Å². The minimum absolute atomic E-state index is 0.0348. The average Bonchev–Trinajstić information content (AvgIpc) is 2.62. The van der Waals surface area contributed by atoms with E-state index in [1.165, 1.54) is 6.92 Å². The molecule has 1 aliphatic rings. The second kappa shape index (κ2) is 5.58. The van der Waals surface area contributed by atoms with E-state index in [9.17, 15) is 9.59 Å². The Morgan fingerprint density at radius 3 is 2.75 bits per heavy atom. The molecule has 0 radical (unpaired) electrons. The summed E-state index contributed by atoms with van der Waals surface area (Å²) in [5.74, 6) is -0.162. The summed E-state index contributed by atoms with van der Waals surface area (Å²) < 4.78 is 0. The Morgan fingerprint density at radius 1 is 1.50 bits per heavy atom. The van der Waals surface area contributed by atoms with Crippen molar-refractivity contribution in [2.75, 3.05) is 5.32 Å². The largest absolute Gasteiger partial charge is 0.351 e. The van der Waals surface area contributed by atoms with Gasteiger partial charge in [-0.25, -0.2) is 0 Å². The third-order valence-corrected chi connectivity index (χ3v) is 3.56. The third-order valence-electron chi connectivity index (χ3n) is 3.24. The summed E-state index contributed by atoms with van der Waals surface area (Å²) in [5, 5.41) is 6.13. The van der Waals surface area contributed by atoms with Crippen molar-refractivity contribution in [1.29, 1.82) is 0 Å². The normalized spacial score (nSPS) is 19.8. The molecule has 2 atom stereocenters. The van der Waals surface area contributed by atoms with E-state index in [-0.39, 0.29) is 23.9 Å². The summed E-state index contributed by atoms with van der Waals surface area (Å²) in [7, 11) is 0. The van der Waals surface area contributed by atoms with Crippen LogP contribution in [-0.4, -0.2) is 27.9 Å². The number of nitrogens with one attached hydrogen (secondary N) is 2. The molecule has 20 heavy (non-hydrogen) atoms. The number of hydrogen-bond acceptors (Lipinski definition) is 3. The van der Waals surface area contributed by atoms with Crippen molar-refractivity contribution in [3.8, 4) is 0 Å². The predicted molar refractivity (Wildman–Crippen MR) is 81.2 cm³/mol. The molecule has 5 nitrogen and oxygen atoms in total. The van der Waals surface area contributed by atoms with Crippen molar-refractivity contribution in [1.82, 2.24) is 10.2 Å². The zero-order valence-corrected chi connectivity index (χ0v) is 12.5. The van der Waals surface area contributed by atoms with E-state index in [4.69, 9.17) is 12.2 Å². The predicted octanol–water partition coefficient (Wildman–Crippen LogP) is 1.81. The summed E-state index contributed by atoms with van der Waals surface area (Å²) >= 11 is 5.20. The highest BCUT2D eigenvalue weighted by Gasteiger charge is 2.35. The Kier molecular flexibility index (Phi) is 4.04. The van der Waals surface area contributed by atoms with Crippen LogP contribution in [0.1, 0.15) is 32.4 Å². The summed E-state index contributed by atoms with van der Waals surface area (Å²) in [6, 6.07) is 6.95. The van der Waals surface area contributed by atoms with Crippen molar-refractivity contribution in [2.45, 2.75) is 32.9 Å². The van der Waals surface area contributed by atoms with Crippen LogP contribution in [0.25, 0.3) is 0 Å². The molecular weight excluding hydrogens is 274 g/mol. The smallest absolute Gasteiger partial charge is 0.251 e. The van der Waals surface area contributed by atoms with Gasteiger partial charge in [0, 0.05) is 12.6 Å². The molecular formula is C14H17N3O2S. The number of hydrogen-bond donors (Lipinski definition) is 2. The average molecular weight is 291 g/mol. The number of nitrogens with zero attached hydrogens (tertiary/aromatic N) is 1. The molecule has 2 N–H and O–H groups in total. The molecule has 1 aromatic rings. The number of amides is 2. The van der Waals surface area contributed by atoms with Gasteiger partial charge in [-0.15, -0.1) is 0 Å². The molecule has 1 fully saturated rings. The van der Waals surface area contributed by atoms with Crippen molar-refractivity contribution < 1.29 is 9.59 Å². The van der Waals surface area contributed by atoms with Gasteiger partial charge in [0.05, 0.1) is 6.04 Å². The SMILES string of the molecule is CC(=O)Nc1cccc([C@H](C)N2C(=O)[C@@H](C)NC2=S)c1. The topological polar surface area (TPSA) is 61.4 Å². The van der Waals surface area contributed by atoms with Crippen LogP contribution in [0.5, 0.6) is 0 Å². The fourth-order valence-electron chi connectivity index (χ4n) is 2.22. The summed E-state index contributed by atoms with van der Waals surface area (Å²) in [6.07, 6.45) is 0. The number of carbonyl (C=O) groups excluding carboxylic acids is 2. The lowest BCUT2D eigenvalue weighted by Crippen LogP contribution is -2.33. The van der Waals surface area contributed by atoms with E-state index in [1.54, 1.807) is 11.8 Å². The lowest BCUT2D eigenvalue weighted by Gasteiger charge is -2.24. The summed E-state index contributed by atoms with van der Waals surface area (Å²) in [4.78, 5) is 24.8. The monoisotopic (exact) mass is 291 g/mol. The first kappa shape index (κ1) is 14.5. The molecule has 1 aliphatic heterocycles. The van der Waals surface area contributed by atoms with Crippen LogP contribution >= 0.6 is 12.2 Å². The van der Waals surface area contributed by atoms with Crippen molar-refractivity contribution in [3.05, 3.63) is 29.8 Å². The van der Waals surface area contributed by atoms with Gasteiger partial charge in [0.1, 0.15) is 6.04 Å². The van der Waals surface area contributed by atoms with E-state index >= 15 is 0 Å². The first-order valence-electron chi connectivity index (χ1n) is 6.41. The second-order valence-corrected chi connectivity index (χ2v) is 5.25. The Morgan fingerprint density at radius 2 is 2.20 bits per heavy atom. The van der Waals surface area contributed by atoms with Crippen LogP contribution in [0, 0.1) is 0 Å². The highest BCUT2D eigenvalue weighted by atomic mass is 32.1. The van der Waals surface area contributed by atoms with E-state index in [0.717, 1.165) is 5.56 Å². The third kappa shape index (κ3) is 2.80. The molecule has 106 valence electrons. The van der Waals surface area contributed by atoms with Gasteiger partial charge in [-0.1, -0.05) is 12.1 Å². The van der Waals surface area contributed by atoms with Crippen LogP contribution in [0.15, 0.2) is 24.3 Å². The van der Waals surface area contributed by atoms with Gasteiger partial charge in [0.15, 0.2) is 5.11 Å². The highest BCUT2D eigenvalue weighted by molar-refractivity contribution is 7.80. The van der Waals surface area contributed by atoms with E-state index in [2.05, 4.69) is 10.6 Å². The minimum Gasteiger partial charge on any atom is -0.351 e. The zero-order chi connectivity index (χ0) is 14.9. The van der Waals surface area contributed by atoms with Gasteiger partial charge in [0.2, 0.25) is 5.91 Å². The Balaban J connectivity index is 2.25. The maximum absolute atomic E-state index is 12.1. The molecule has 2 rings (SSSR count). The van der Waals surface area contributed by atoms with Crippen LogP contribution in [0.4, 0.5) is 5.69 Å². The molecule has 0 unspecified atom stereocenters. The van der Waals surface area contributed by atoms with Gasteiger partial charge in [-0.2, -0.15) is 0 Å². The van der Waals surface area contributed by atoms with E-state index in [0.29, 0.717) is 10.8 Å². The maximum Gasteiger partial charge on any atom is 0.251 e. The summed E-state index contributed by atoms with van der Waals surface area (Å²) in [6.45, 7) is 5.16. The van der Waals surface area contributed by atoms with Crippen LogP contribution < -0.4 is 10.6 Å². The molecule has 0 aromatic heterocycles. The fraction of sp³-hybridized carbons (Fsp3) is 0.357. The maximum atomic E-state index is 12.1. The van der Waals surface area contributed by atoms with Gasteiger partial charge in [-0.05, 0) is 43.8 Å². The number of benzene rings is 1. The second-order valence-electron chi connectivity index (χ2n) is 4.86. The van der Waals surface area contributed by atoms with Gasteiger partial charge in [0.25, 0.3) is 5.91 Å². The number of thiocarbonyl (C=S) groups is 1. The molecule has 2 amide bonds. The number of anilines is 1. The standard InChI is InChI=1S/C14H17N3O2S/c1-8-13(19)17(14(20)15-8)9(2)11-5-4-6-12(7-11)16-10(3)18/h4-9H,1-3H3,(H,15,20)(H,16,18)/t8-,9+/m1/s1. The zero-order valence-electron chi connectivity index (χ0n) is 11.6. The quantitative estimate of drug-likeness (QED) is 0.834. The molecule has 1 saturated heterocycles. The lowest BCUT2D eigenvalue weighted by molar-refractivity contribution is -0.128. The molecule has 1 heterocycles. The Labute approximate surface area is 123 Å². The molecule has 1 aromatic carbocycles. The van der Waals surface area contributed by atoms with Crippen LogP contribution in [-0.2, 0) is 9.59 Å². The Hall–Kier alpha value is -1.95. The lowest BCUT2D eigenvalue weighted by atomic mass is 10.1. The first-order chi connectivity index (χ1) is 9.40. The van der Waals surface area contributed by atoms with Crippen LogP contribution in [0.2, 0.25) is 0 Å². The fourth-order valence-corrected chi connectivity index (χ4v) is 2.65. The van der Waals surface area contributed by atoms with E-state index in [1.807, 2.05) is 31.2 Å². The molecule has 0 saturated carbocycles.